The van der Waals surface area contributed by atoms with Crippen LogP contribution in [0.1, 0.15) is 29.5 Å². The molecule has 0 fully saturated rings. The summed E-state index contributed by atoms with van der Waals surface area (Å²) in [7, 11) is 1.37. The summed E-state index contributed by atoms with van der Waals surface area (Å²) in [5.74, 6) is 10.8. The van der Waals surface area contributed by atoms with Crippen molar-refractivity contribution in [1.29, 1.82) is 0 Å². The molecule has 2 atom stereocenters. The van der Waals surface area contributed by atoms with E-state index in [2.05, 4.69) is 28.7 Å². The molecule has 140 valence electrons. The summed E-state index contributed by atoms with van der Waals surface area (Å²) in [5.41, 5.74) is 15.7. The van der Waals surface area contributed by atoms with E-state index >= 15 is 0 Å². The van der Waals surface area contributed by atoms with Gasteiger partial charge in [-0.2, -0.15) is 0 Å². The Bertz CT molecular complexity index is 1120. The molecule has 2 unspecified atom stereocenters. The SMILES string of the molecule is COC(=O)C(c1c[nH]c2cc(C#CC#Cc3ccc(N)cc3)ccc12)C(C)N. The maximum absolute atomic E-state index is 12.1. The number of methoxy groups -OCH3 is 1. The number of rotatable bonds is 3. The monoisotopic (exact) mass is 371 g/mol. The molecule has 3 aromatic rings. The minimum absolute atomic E-state index is 0.349. The molecule has 0 aliphatic rings. The zero-order chi connectivity index (χ0) is 20.1. The molecule has 0 amide bonds. The second-order valence-electron chi connectivity index (χ2n) is 6.49. The zero-order valence-corrected chi connectivity index (χ0v) is 15.7. The van der Waals surface area contributed by atoms with Gasteiger partial charge in [0.2, 0.25) is 0 Å². The first kappa shape index (κ1) is 19.1. The van der Waals surface area contributed by atoms with Gasteiger partial charge in [0.25, 0.3) is 0 Å². The van der Waals surface area contributed by atoms with Crippen LogP contribution in [0, 0.1) is 23.7 Å². The van der Waals surface area contributed by atoms with E-state index in [1.54, 1.807) is 25.3 Å². The maximum atomic E-state index is 12.1. The zero-order valence-electron chi connectivity index (χ0n) is 15.7. The fourth-order valence-corrected chi connectivity index (χ4v) is 3.01. The Morgan fingerprint density at radius 3 is 2.36 bits per heavy atom. The first-order valence-electron chi connectivity index (χ1n) is 8.81. The second kappa shape index (κ2) is 8.35. The highest BCUT2D eigenvalue weighted by atomic mass is 16.5. The third kappa shape index (κ3) is 4.17. The van der Waals surface area contributed by atoms with Gasteiger partial charge in [-0.1, -0.05) is 17.9 Å². The summed E-state index contributed by atoms with van der Waals surface area (Å²) in [4.78, 5) is 15.3. The number of carbonyl (C=O) groups is 1. The number of esters is 1. The molecule has 0 saturated heterocycles. The summed E-state index contributed by atoms with van der Waals surface area (Å²) in [6, 6.07) is 12.7. The van der Waals surface area contributed by atoms with Crippen molar-refractivity contribution in [2.75, 3.05) is 12.8 Å². The van der Waals surface area contributed by atoms with Crippen LogP contribution in [0.15, 0.2) is 48.7 Å². The van der Waals surface area contributed by atoms with Crippen molar-refractivity contribution >= 4 is 22.6 Å². The van der Waals surface area contributed by atoms with Gasteiger partial charge < -0.3 is 21.2 Å². The average Bonchev–Trinajstić information content (AvgIpc) is 3.09. The largest absolute Gasteiger partial charge is 0.469 e. The lowest BCUT2D eigenvalue weighted by Crippen LogP contribution is -2.31. The lowest BCUT2D eigenvalue weighted by molar-refractivity contribution is -0.142. The third-order valence-corrected chi connectivity index (χ3v) is 4.42. The third-order valence-electron chi connectivity index (χ3n) is 4.42. The number of aromatic nitrogens is 1. The summed E-state index contributed by atoms with van der Waals surface area (Å²) in [5, 5.41) is 0.922. The van der Waals surface area contributed by atoms with Crippen molar-refractivity contribution in [3.05, 3.63) is 65.4 Å². The number of nitrogens with two attached hydrogens (primary N) is 2. The minimum Gasteiger partial charge on any atom is -0.469 e. The van der Waals surface area contributed by atoms with E-state index < -0.39 is 5.92 Å². The smallest absolute Gasteiger partial charge is 0.314 e. The van der Waals surface area contributed by atoms with Crippen LogP contribution in [0.3, 0.4) is 0 Å². The fraction of sp³-hybridized carbons (Fsp3) is 0.174. The summed E-state index contributed by atoms with van der Waals surface area (Å²) in [6.45, 7) is 1.79. The standard InChI is InChI=1S/C23H21N3O2/c1-15(24)22(23(27)28-2)20-14-26-21-13-17(9-12-19(20)21)6-4-3-5-16-7-10-18(25)11-8-16/h7-15,22,26H,24-25H2,1-2H3. The number of H-pyrrole nitrogens is 1. The highest BCUT2D eigenvalue weighted by Gasteiger charge is 2.27. The highest BCUT2D eigenvalue weighted by molar-refractivity contribution is 5.91. The molecule has 0 aliphatic heterocycles. The molecule has 5 N–H and O–H groups in total. The number of nitrogens with one attached hydrogen (secondary N) is 1. The second-order valence-corrected chi connectivity index (χ2v) is 6.49. The van der Waals surface area contributed by atoms with Gasteiger partial charge in [0.1, 0.15) is 0 Å². The molecular weight excluding hydrogens is 350 g/mol. The first-order chi connectivity index (χ1) is 13.5. The number of ether oxygens (including phenoxy) is 1. The summed E-state index contributed by atoms with van der Waals surface area (Å²) in [6.07, 6.45) is 1.80. The van der Waals surface area contributed by atoms with E-state index in [9.17, 15) is 4.79 Å². The van der Waals surface area contributed by atoms with Gasteiger partial charge in [-0.05, 0) is 60.7 Å². The normalized spacial score (nSPS) is 12.2. The molecule has 0 aliphatic carbocycles. The molecule has 0 bridgehead atoms. The molecule has 28 heavy (non-hydrogen) atoms. The molecular formula is C23H21N3O2. The number of nitrogen functional groups attached to an aromatic ring is 1. The molecule has 1 aromatic heterocycles. The lowest BCUT2D eigenvalue weighted by Gasteiger charge is -2.17. The maximum Gasteiger partial charge on any atom is 0.314 e. The minimum atomic E-state index is -0.526. The number of carbonyl (C=O) groups excluding carboxylic acids is 1. The van der Waals surface area contributed by atoms with Gasteiger partial charge in [0.05, 0.1) is 13.0 Å². The number of aromatic amines is 1. The Labute approximate surface area is 164 Å². The molecule has 1 heterocycles. The average molecular weight is 371 g/mol. The van der Waals surface area contributed by atoms with Crippen molar-refractivity contribution in [2.24, 2.45) is 5.73 Å². The predicted molar refractivity (Wildman–Crippen MR) is 111 cm³/mol. The van der Waals surface area contributed by atoms with Crippen molar-refractivity contribution in [3.63, 3.8) is 0 Å². The molecule has 0 spiro atoms. The van der Waals surface area contributed by atoms with Crippen LogP contribution in [-0.2, 0) is 9.53 Å². The van der Waals surface area contributed by atoms with Gasteiger partial charge in [0.15, 0.2) is 0 Å². The van der Waals surface area contributed by atoms with E-state index in [0.717, 1.165) is 27.6 Å². The van der Waals surface area contributed by atoms with E-state index in [-0.39, 0.29) is 12.0 Å². The van der Waals surface area contributed by atoms with Crippen LogP contribution in [0.5, 0.6) is 0 Å². The van der Waals surface area contributed by atoms with Gasteiger partial charge in [-0.3, -0.25) is 4.79 Å². The molecule has 0 saturated carbocycles. The van der Waals surface area contributed by atoms with E-state index in [4.69, 9.17) is 16.2 Å². The van der Waals surface area contributed by atoms with Crippen molar-refractivity contribution in [3.8, 4) is 23.7 Å². The van der Waals surface area contributed by atoms with Crippen molar-refractivity contribution < 1.29 is 9.53 Å². The highest BCUT2D eigenvalue weighted by Crippen LogP contribution is 2.29. The summed E-state index contributed by atoms with van der Waals surface area (Å²) < 4.78 is 4.90. The number of hydrogen-bond acceptors (Lipinski definition) is 4. The molecule has 5 heteroatoms. The van der Waals surface area contributed by atoms with E-state index in [1.165, 1.54) is 7.11 Å². The van der Waals surface area contributed by atoms with Crippen LogP contribution in [-0.4, -0.2) is 24.1 Å². The van der Waals surface area contributed by atoms with E-state index in [1.807, 2.05) is 30.3 Å². The number of benzene rings is 2. The Hall–Kier alpha value is -3.67. The first-order valence-corrected chi connectivity index (χ1v) is 8.81. The Morgan fingerprint density at radius 2 is 1.71 bits per heavy atom. The van der Waals surface area contributed by atoms with Gasteiger partial charge in [-0.25, -0.2) is 0 Å². The van der Waals surface area contributed by atoms with Crippen LogP contribution in [0.4, 0.5) is 5.69 Å². The summed E-state index contributed by atoms with van der Waals surface area (Å²) >= 11 is 0. The number of anilines is 1. The van der Waals surface area contributed by atoms with Gasteiger partial charge in [0, 0.05) is 40.0 Å². The molecule has 5 nitrogen and oxygen atoms in total. The Balaban J connectivity index is 1.85. The lowest BCUT2D eigenvalue weighted by atomic mass is 9.92. The fourth-order valence-electron chi connectivity index (χ4n) is 3.01. The van der Waals surface area contributed by atoms with E-state index in [0.29, 0.717) is 5.69 Å². The van der Waals surface area contributed by atoms with Gasteiger partial charge >= 0.3 is 5.97 Å². The number of hydrogen-bond donors (Lipinski definition) is 3. The Kier molecular flexibility index (Phi) is 5.69. The molecule has 0 radical (unpaired) electrons. The van der Waals surface area contributed by atoms with Crippen LogP contribution >= 0.6 is 0 Å². The quantitative estimate of drug-likeness (QED) is 0.375. The van der Waals surface area contributed by atoms with Crippen molar-refractivity contribution in [2.45, 2.75) is 18.9 Å². The molecule has 2 aromatic carbocycles. The van der Waals surface area contributed by atoms with Gasteiger partial charge in [-0.15, -0.1) is 0 Å². The van der Waals surface area contributed by atoms with Crippen LogP contribution < -0.4 is 11.5 Å². The van der Waals surface area contributed by atoms with Crippen molar-refractivity contribution in [1.82, 2.24) is 4.98 Å². The predicted octanol–water partition coefficient (Wildman–Crippen LogP) is 2.76. The van der Waals surface area contributed by atoms with Crippen LogP contribution in [0.2, 0.25) is 0 Å². The molecule has 3 rings (SSSR count). The topological polar surface area (TPSA) is 94.1 Å². The Morgan fingerprint density at radius 1 is 1.07 bits per heavy atom. The number of fused-ring (bicyclic) bond motifs is 1. The van der Waals surface area contributed by atoms with Crippen LogP contribution in [0.25, 0.3) is 10.9 Å².